The molecule has 0 aliphatic carbocycles. The van der Waals surface area contributed by atoms with Crippen LogP contribution in [0.5, 0.6) is 0 Å². The molecule has 8 aromatic rings. The number of hydrogen-bond donors (Lipinski definition) is 0. The third-order valence-corrected chi connectivity index (χ3v) is 8.41. The lowest BCUT2D eigenvalue weighted by Crippen LogP contribution is -1.86. The van der Waals surface area contributed by atoms with Gasteiger partial charge in [0.05, 0.1) is 0 Å². The lowest BCUT2D eigenvalue weighted by atomic mass is 9.91. The van der Waals surface area contributed by atoms with Crippen LogP contribution in [0.4, 0.5) is 0 Å². The smallest absolute Gasteiger partial charge is 0.00268 e. The molecule has 0 spiro atoms. The summed E-state index contributed by atoms with van der Waals surface area (Å²) in [6.45, 7) is 0. The molecule has 0 heterocycles. The van der Waals surface area contributed by atoms with E-state index < -0.39 is 0 Å². The minimum absolute atomic E-state index is 1.19. The Morgan fingerprint density at radius 3 is 0.881 bits per heavy atom. The maximum absolute atomic E-state index is 2.29. The molecule has 0 unspecified atom stereocenters. The van der Waals surface area contributed by atoms with Crippen molar-refractivity contribution < 1.29 is 0 Å². The van der Waals surface area contributed by atoms with Gasteiger partial charge in [-0.1, -0.05) is 158 Å². The number of rotatable bonds is 4. The third kappa shape index (κ3) is 4.26. The second-order valence-electron chi connectivity index (χ2n) is 11.0. The Labute approximate surface area is 245 Å². The van der Waals surface area contributed by atoms with Crippen LogP contribution >= 0.6 is 0 Å². The second kappa shape index (κ2) is 10.2. The summed E-state index contributed by atoms with van der Waals surface area (Å²) in [5, 5.41) is 10.3. The van der Waals surface area contributed by atoms with E-state index in [-0.39, 0.29) is 0 Å². The van der Waals surface area contributed by atoms with Gasteiger partial charge in [0.2, 0.25) is 0 Å². The normalized spacial score (nSPS) is 11.7. The van der Waals surface area contributed by atoms with Gasteiger partial charge in [0.25, 0.3) is 0 Å². The molecular weight excluding hydrogens is 504 g/mol. The van der Waals surface area contributed by atoms with E-state index in [9.17, 15) is 0 Å². The number of fused-ring (bicyclic) bond motifs is 4. The highest BCUT2D eigenvalue weighted by Gasteiger charge is 2.11. The van der Waals surface area contributed by atoms with E-state index >= 15 is 0 Å². The molecular formula is C42H28. The molecule has 42 heavy (non-hydrogen) atoms. The van der Waals surface area contributed by atoms with E-state index in [4.69, 9.17) is 0 Å². The van der Waals surface area contributed by atoms with Gasteiger partial charge in [-0.15, -0.1) is 0 Å². The minimum atomic E-state index is 1.19. The molecule has 0 aromatic heterocycles. The van der Waals surface area contributed by atoms with Gasteiger partial charge >= 0.3 is 0 Å². The Kier molecular flexibility index (Phi) is 5.90. The molecule has 0 heteroatoms. The van der Waals surface area contributed by atoms with Crippen molar-refractivity contribution in [2.75, 3.05) is 0 Å². The SMILES string of the molecule is C(=C\c1ccc(-c2c3ccccc3cc3ccccc23)cc1)/c1ccc(-c2c3ccccc3cc3ccccc23)cc1. The van der Waals surface area contributed by atoms with Crippen LogP contribution in [0.15, 0.2) is 158 Å². The molecule has 0 aliphatic rings. The average molecular weight is 533 g/mol. The summed E-state index contributed by atoms with van der Waals surface area (Å²) >= 11 is 0. The quantitative estimate of drug-likeness (QED) is 0.156. The van der Waals surface area contributed by atoms with Crippen molar-refractivity contribution in [3.8, 4) is 22.3 Å². The lowest BCUT2D eigenvalue weighted by molar-refractivity contribution is 1.63. The summed E-state index contributed by atoms with van der Waals surface area (Å²) < 4.78 is 0. The van der Waals surface area contributed by atoms with Gasteiger partial charge in [0, 0.05) is 0 Å². The van der Waals surface area contributed by atoms with Crippen LogP contribution in [-0.2, 0) is 0 Å². The van der Waals surface area contributed by atoms with Crippen molar-refractivity contribution in [3.63, 3.8) is 0 Å². The highest BCUT2D eigenvalue weighted by atomic mass is 14.1. The van der Waals surface area contributed by atoms with Crippen LogP contribution in [0.3, 0.4) is 0 Å². The Balaban J connectivity index is 1.12. The maximum Gasteiger partial charge on any atom is -0.00268 e. The lowest BCUT2D eigenvalue weighted by Gasteiger charge is -2.12. The fourth-order valence-electron chi connectivity index (χ4n) is 6.36. The fourth-order valence-corrected chi connectivity index (χ4v) is 6.36. The molecule has 8 rings (SSSR count). The van der Waals surface area contributed by atoms with E-state index in [0.29, 0.717) is 0 Å². The molecule has 0 amide bonds. The van der Waals surface area contributed by atoms with Gasteiger partial charge in [0.1, 0.15) is 0 Å². The summed E-state index contributed by atoms with van der Waals surface area (Å²) in [4.78, 5) is 0. The van der Waals surface area contributed by atoms with Crippen molar-refractivity contribution in [3.05, 3.63) is 169 Å². The molecule has 0 N–H and O–H groups in total. The molecule has 0 atom stereocenters. The Bertz CT molecular complexity index is 1990. The molecule has 196 valence electrons. The summed E-state index contributed by atoms with van der Waals surface area (Å²) in [5.74, 6) is 0. The molecule has 0 fully saturated rings. The largest absolute Gasteiger partial charge is 0.0616 e. The van der Waals surface area contributed by atoms with Crippen molar-refractivity contribution in [2.45, 2.75) is 0 Å². The van der Waals surface area contributed by atoms with E-state index in [1.54, 1.807) is 0 Å². The third-order valence-electron chi connectivity index (χ3n) is 8.41. The van der Waals surface area contributed by atoms with E-state index in [1.165, 1.54) is 76.5 Å². The van der Waals surface area contributed by atoms with Gasteiger partial charge < -0.3 is 0 Å². The monoisotopic (exact) mass is 532 g/mol. The van der Waals surface area contributed by atoms with Crippen molar-refractivity contribution in [1.82, 2.24) is 0 Å². The van der Waals surface area contributed by atoms with Crippen LogP contribution in [0, 0.1) is 0 Å². The fraction of sp³-hybridized carbons (Fsp3) is 0. The zero-order chi connectivity index (χ0) is 27.9. The van der Waals surface area contributed by atoms with Crippen molar-refractivity contribution in [2.24, 2.45) is 0 Å². The van der Waals surface area contributed by atoms with Gasteiger partial charge in [-0.05, 0) is 88.6 Å². The second-order valence-corrected chi connectivity index (χ2v) is 11.0. The van der Waals surface area contributed by atoms with E-state index in [0.717, 1.165) is 0 Å². The van der Waals surface area contributed by atoms with E-state index in [2.05, 4.69) is 170 Å². The number of benzene rings is 8. The van der Waals surface area contributed by atoms with Crippen LogP contribution in [0.25, 0.3) is 77.5 Å². The van der Waals surface area contributed by atoms with Gasteiger partial charge in [-0.2, -0.15) is 0 Å². The standard InChI is InChI=1S/C42H28/c1-5-13-37-33(9-1)27-34-10-2-6-14-38(34)41(37)31-23-19-29(20-24-31)17-18-30-21-25-32(26-22-30)42-39-15-7-3-11-35(39)28-36-12-4-8-16-40(36)42/h1-28H/b18-17+. The summed E-state index contributed by atoms with van der Waals surface area (Å²) in [6, 6.07) is 57.2. The maximum atomic E-state index is 2.29. The first-order valence-corrected chi connectivity index (χ1v) is 14.5. The predicted molar refractivity (Wildman–Crippen MR) is 183 cm³/mol. The zero-order valence-electron chi connectivity index (χ0n) is 23.2. The van der Waals surface area contributed by atoms with Gasteiger partial charge in [-0.25, -0.2) is 0 Å². The topological polar surface area (TPSA) is 0 Å². The summed E-state index contributed by atoms with van der Waals surface area (Å²) in [6.07, 6.45) is 4.40. The summed E-state index contributed by atoms with van der Waals surface area (Å²) in [5.41, 5.74) is 7.46. The predicted octanol–water partition coefficient (Wildman–Crippen LogP) is 11.8. The average Bonchev–Trinajstić information content (AvgIpc) is 3.06. The zero-order valence-corrected chi connectivity index (χ0v) is 23.2. The molecule has 0 aliphatic heterocycles. The molecule has 0 saturated carbocycles. The number of hydrogen-bond acceptors (Lipinski definition) is 0. The van der Waals surface area contributed by atoms with Gasteiger partial charge in [0.15, 0.2) is 0 Å². The minimum Gasteiger partial charge on any atom is -0.0616 e. The molecule has 8 aromatic carbocycles. The van der Waals surface area contributed by atoms with Crippen LogP contribution < -0.4 is 0 Å². The first kappa shape index (κ1) is 24.3. The van der Waals surface area contributed by atoms with E-state index in [1.807, 2.05) is 0 Å². The molecule has 0 nitrogen and oxygen atoms in total. The first-order valence-electron chi connectivity index (χ1n) is 14.5. The Hall–Kier alpha value is -5.46. The van der Waals surface area contributed by atoms with Gasteiger partial charge in [-0.3, -0.25) is 0 Å². The van der Waals surface area contributed by atoms with Crippen molar-refractivity contribution >= 4 is 55.2 Å². The van der Waals surface area contributed by atoms with Crippen LogP contribution in [0.1, 0.15) is 11.1 Å². The first-order chi connectivity index (χ1) is 20.8. The molecule has 0 saturated heterocycles. The molecule has 0 bridgehead atoms. The Morgan fingerprint density at radius 1 is 0.286 bits per heavy atom. The Morgan fingerprint density at radius 2 is 0.571 bits per heavy atom. The highest BCUT2D eigenvalue weighted by molar-refractivity contribution is 6.13. The highest BCUT2D eigenvalue weighted by Crippen LogP contribution is 2.38. The van der Waals surface area contributed by atoms with Crippen molar-refractivity contribution in [1.29, 1.82) is 0 Å². The molecule has 0 radical (unpaired) electrons. The van der Waals surface area contributed by atoms with Crippen LogP contribution in [0.2, 0.25) is 0 Å². The summed E-state index contributed by atoms with van der Waals surface area (Å²) in [7, 11) is 0. The van der Waals surface area contributed by atoms with Crippen LogP contribution in [-0.4, -0.2) is 0 Å².